The number of anilines is 1. The monoisotopic (exact) mass is 397 g/mol. The van der Waals surface area contributed by atoms with Crippen molar-refractivity contribution in [3.8, 4) is 0 Å². The van der Waals surface area contributed by atoms with Crippen LogP contribution in [0, 0.1) is 0 Å². The number of hydrogen-bond acceptors (Lipinski definition) is 5. The summed E-state index contributed by atoms with van der Waals surface area (Å²) in [6, 6.07) is 16.4. The van der Waals surface area contributed by atoms with Gasteiger partial charge in [0.1, 0.15) is 5.69 Å². The van der Waals surface area contributed by atoms with Crippen LogP contribution in [-0.2, 0) is 11.3 Å². The van der Waals surface area contributed by atoms with Gasteiger partial charge in [-0.1, -0.05) is 41.9 Å². The number of esters is 1. The molecule has 0 aliphatic carbocycles. The van der Waals surface area contributed by atoms with Crippen LogP contribution < -0.4 is 10.9 Å². The quantitative estimate of drug-likeness (QED) is 0.668. The summed E-state index contributed by atoms with van der Waals surface area (Å²) in [5.41, 5.74) is 1.10. The first-order chi connectivity index (χ1) is 13.5. The summed E-state index contributed by atoms with van der Waals surface area (Å²) >= 11 is 5.97. The Balaban J connectivity index is 1.82. The fraction of sp³-hybridized carbons (Fsp3) is 0.100. The van der Waals surface area contributed by atoms with E-state index in [2.05, 4.69) is 15.2 Å². The third kappa shape index (κ3) is 4.44. The summed E-state index contributed by atoms with van der Waals surface area (Å²) in [5.74, 6) is -1.14. The van der Waals surface area contributed by atoms with Gasteiger partial charge in [0, 0.05) is 11.8 Å². The molecule has 0 aliphatic rings. The predicted molar refractivity (Wildman–Crippen MR) is 105 cm³/mol. The van der Waals surface area contributed by atoms with Gasteiger partial charge in [0.15, 0.2) is 0 Å². The van der Waals surface area contributed by atoms with Gasteiger partial charge in [0.25, 0.3) is 11.5 Å². The SMILES string of the molecule is COC(=O)c1cc(NC(=O)c2ccc(=O)n(Cc3ccccc3)n2)ccc1Cl. The highest BCUT2D eigenvalue weighted by Gasteiger charge is 2.14. The molecule has 0 radical (unpaired) electrons. The van der Waals surface area contributed by atoms with E-state index in [0.717, 1.165) is 5.56 Å². The van der Waals surface area contributed by atoms with Gasteiger partial charge >= 0.3 is 5.97 Å². The molecule has 7 nitrogen and oxygen atoms in total. The number of halogens is 1. The lowest BCUT2D eigenvalue weighted by atomic mass is 10.2. The molecule has 0 unspecified atom stereocenters. The molecule has 0 bridgehead atoms. The van der Waals surface area contributed by atoms with E-state index in [-0.39, 0.29) is 28.4 Å². The maximum atomic E-state index is 12.5. The van der Waals surface area contributed by atoms with Gasteiger partial charge in [-0.3, -0.25) is 9.59 Å². The van der Waals surface area contributed by atoms with Crippen LogP contribution in [0.5, 0.6) is 0 Å². The Morgan fingerprint density at radius 2 is 1.86 bits per heavy atom. The highest BCUT2D eigenvalue weighted by Crippen LogP contribution is 2.21. The lowest BCUT2D eigenvalue weighted by Gasteiger charge is -2.09. The normalized spacial score (nSPS) is 10.4. The molecular weight excluding hydrogens is 382 g/mol. The first-order valence-corrected chi connectivity index (χ1v) is 8.67. The summed E-state index contributed by atoms with van der Waals surface area (Å²) in [6.07, 6.45) is 0. The number of amides is 1. The number of carbonyl (C=O) groups is 2. The van der Waals surface area contributed by atoms with Gasteiger partial charge < -0.3 is 10.1 Å². The molecule has 1 aromatic heterocycles. The molecule has 0 fully saturated rings. The molecule has 0 saturated heterocycles. The third-order valence-electron chi connectivity index (χ3n) is 3.90. The van der Waals surface area contributed by atoms with Crippen molar-refractivity contribution >= 4 is 29.2 Å². The van der Waals surface area contributed by atoms with Crippen molar-refractivity contribution in [2.45, 2.75) is 6.54 Å². The molecule has 0 spiro atoms. The smallest absolute Gasteiger partial charge is 0.339 e. The van der Waals surface area contributed by atoms with Crippen LogP contribution in [0.25, 0.3) is 0 Å². The lowest BCUT2D eigenvalue weighted by Crippen LogP contribution is -2.26. The maximum absolute atomic E-state index is 12.5. The molecule has 1 amide bonds. The Bertz CT molecular complexity index is 1080. The number of rotatable bonds is 5. The van der Waals surface area contributed by atoms with Crippen LogP contribution in [0.2, 0.25) is 5.02 Å². The van der Waals surface area contributed by atoms with Crippen LogP contribution in [0.1, 0.15) is 26.4 Å². The van der Waals surface area contributed by atoms with Gasteiger partial charge in [0.2, 0.25) is 0 Å². The van der Waals surface area contributed by atoms with E-state index in [9.17, 15) is 14.4 Å². The van der Waals surface area contributed by atoms with E-state index < -0.39 is 11.9 Å². The second kappa shape index (κ2) is 8.49. The molecule has 1 heterocycles. The van der Waals surface area contributed by atoms with Crippen LogP contribution in [0.15, 0.2) is 65.5 Å². The zero-order valence-corrected chi connectivity index (χ0v) is 15.6. The average Bonchev–Trinajstić information content (AvgIpc) is 2.71. The number of aromatic nitrogens is 2. The largest absolute Gasteiger partial charge is 0.465 e. The summed E-state index contributed by atoms with van der Waals surface area (Å²) < 4.78 is 5.87. The van der Waals surface area contributed by atoms with Crippen LogP contribution in [-0.4, -0.2) is 28.8 Å². The topological polar surface area (TPSA) is 90.3 Å². The lowest BCUT2D eigenvalue weighted by molar-refractivity contribution is 0.0600. The fourth-order valence-corrected chi connectivity index (χ4v) is 2.70. The Hall–Kier alpha value is -3.45. The van der Waals surface area contributed by atoms with Gasteiger partial charge in [-0.25, -0.2) is 9.48 Å². The van der Waals surface area contributed by atoms with Crippen molar-refractivity contribution in [3.05, 3.63) is 92.9 Å². The third-order valence-corrected chi connectivity index (χ3v) is 4.23. The second-order valence-corrected chi connectivity index (χ2v) is 6.25. The minimum atomic E-state index is -0.615. The van der Waals surface area contributed by atoms with Crippen molar-refractivity contribution in [2.75, 3.05) is 12.4 Å². The van der Waals surface area contributed by atoms with E-state index in [1.165, 1.54) is 36.1 Å². The maximum Gasteiger partial charge on any atom is 0.339 e. The number of hydrogen-bond donors (Lipinski definition) is 1. The van der Waals surface area contributed by atoms with E-state index in [1.54, 1.807) is 6.07 Å². The molecule has 8 heteroatoms. The number of ether oxygens (including phenoxy) is 1. The summed E-state index contributed by atoms with van der Waals surface area (Å²) in [7, 11) is 1.24. The van der Waals surface area contributed by atoms with Crippen LogP contribution in [0.3, 0.4) is 0 Å². The number of nitrogens with one attached hydrogen (secondary N) is 1. The van der Waals surface area contributed by atoms with E-state index in [4.69, 9.17) is 11.6 Å². The highest BCUT2D eigenvalue weighted by molar-refractivity contribution is 6.33. The molecule has 0 aliphatic heterocycles. The fourth-order valence-electron chi connectivity index (χ4n) is 2.50. The van der Waals surface area contributed by atoms with Gasteiger partial charge in [-0.05, 0) is 29.8 Å². The molecule has 28 heavy (non-hydrogen) atoms. The van der Waals surface area contributed by atoms with E-state index in [1.807, 2.05) is 30.3 Å². The van der Waals surface area contributed by atoms with E-state index >= 15 is 0 Å². The number of nitrogens with zero attached hydrogens (tertiary/aromatic N) is 2. The van der Waals surface area contributed by atoms with Gasteiger partial charge in [-0.2, -0.15) is 5.10 Å². The van der Waals surface area contributed by atoms with Crippen molar-refractivity contribution < 1.29 is 14.3 Å². The first-order valence-electron chi connectivity index (χ1n) is 8.29. The van der Waals surface area contributed by atoms with Crippen molar-refractivity contribution in [1.82, 2.24) is 9.78 Å². The molecule has 142 valence electrons. The minimum Gasteiger partial charge on any atom is -0.465 e. The zero-order valence-electron chi connectivity index (χ0n) is 14.9. The van der Waals surface area contributed by atoms with Gasteiger partial charge in [0.05, 0.1) is 24.2 Å². The molecule has 3 aromatic rings. The second-order valence-electron chi connectivity index (χ2n) is 5.84. The molecule has 3 rings (SSSR count). The Morgan fingerprint density at radius 1 is 1.11 bits per heavy atom. The molecule has 0 atom stereocenters. The number of carbonyl (C=O) groups excluding carboxylic acids is 2. The van der Waals surface area contributed by atoms with Crippen molar-refractivity contribution in [3.63, 3.8) is 0 Å². The highest BCUT2D eigenvalue weighted by atomic mass is 35.5. The Morgan fingerprint density at radius 3 is 2.57 bits per heavy atom. The molecular formula is C20H16ClN3O4. The summed E-state index contributed by atoms with van der Waals surface area (Å²) in [5, 5.41) is 6.97. The standard InChI is InChI=1S/C20H16ClN3O4/c1-28-20(27)15-11-14(7-8-16(15)21)22-19(26)17-9-10-18(25)24(23-17)12-13-5-3-2-4-6-13/h2-11H,12H2,1H3,(H,22,26). The van der Waals surface area contributed by atoms with Crippen molar-refractivity contribution in [2.24, 2.45) is 0 Å². The zero-order chi connectivity index (χ0) is 20.1. The summed E-state index contributed by atoms with van der Waals surface area (Å²) in [6.45, 7) is 0.244. The average molecular weight is 398 g/mol. The van der Waals surface area contributed by atoms with E-state index in [0.29, 0.717) is 5.69 Å². The summed E-state index contributed by atoms with van der Waals surface area (Å²) in [4.78, 5) is 36.3. The van der Waals surface area contributed by atoms with Crippen LogP contribution >= 0.6 is 11.6 Å². The molecule has 2 aromatic carbocycles. The Kier molecular flexibility index (Phi) is 5.86. The van der Waals surface area contributed by atoms with Crippen molar-refractivity contribution in [1.29, 1.82) is 0 Å². The molecule has 1 N–H and O–H groups in total. The number of benzene rings is 2. The minimum absolute atomic E-state index is 0.0603. The number of methoxy groups -OCH3 is 1. The van der Waals surface area contributed by atoms with Crippen LogP contribution in [0.4, 0.5) is 5.69 Å². The Labute approximate surface area is 165 Å². The van der Waals surface area contributed by atoms with Gasteiger partial charge in [-0.15, -0.1) is 0 Å². The first kappa shape index (κ1) is 19.3. The molecule has 0 saturated carbocycles. The predicted octanol–water partition coefficient (Wildman–Crippen LogP) is 2.98.